The Hall–Kier alpha value is -1.88. The summed E-state index contributed by atoms with van der Waals surface area (Å²) in [5.74, 6) is 1.03. The molecule has 0 aliphatic heterocycles. The van der Waals surface area contributed by atoms with E-state index in [0.717, 1.165) is 11.0 Å². The van der Waals surface area contributed by atoms with E-state index in [4.69, 9.17) is 10.5 Å². The van der Waals surface area contributed by atoms with E-state index in [9.17, 15) is 0 Å². The lowest BCUT2D eigenvalue weighted by Gasteiger charge is -2.15. The van der Waals surface area contributed by atoms with Crippen LogP contribution in [0.2, 0.25) is 0 Å². The van der Waals surface area contributed by atoms with Crippen LogP contribution in [0.25, 0.3) is 11.0 Å². The molecule has 1 aromatic heterocycles. The molecule has 1 aromatic carbocycles. The summed E-state index contributed by atoms with van der Waals surface area (Å²) in [5, 5.41) is 3.21. The molecule has 5 nitrogen and oxygen atoms in total. The molecule has 0 spiro atoms. The van der Waals surface area contributed by atoms with E-state index >= 15 is 0 Å². The Labute approximate surface area is 106 Å². The third-order valence-electron chi connectivity index (χ3n) is 2.55. The van der Waals surface area contributed by atoms with Crippen molar-refractivity contribution in [2.75, 3.05) is 24.3 Å². The number of nitrogen functional groups attached to an aromatic ring is 1. The molecular formula is C13H18N4O. The van der Waals surface area contributed by atoms with Gasteiger partial charge < -0.3 is 15.8 Å². The zero-order valence-electron chi connectivity index (χ0n) is 10.7. The van der Waals surface area contributed by atoms with Crippen LogP contribution in [0.15, 0.2) is 24.3 Å². The Bertz CT molecular complexity index is 529. The van der Waals surface area contributed by atoms with Crippen LogP contribution >= 0.6 is 0 Å². The standard InChI is InChI=1S/C13H18N4O/c1-3-18-8-9(2)15-13-12(14)16-10-6-4-5-7-11(10)17-13/h4-7,9H,3,8H2,1-2H3,(H2,14,16)(H,15,17). The number of fused-ring (bicyclic) bond motifs is 1. The average molecular weight is 246 g/mol. The third-order valence-corrected chi connectivity index (χ3v) is 2.55. The average Bonchev–Trinajstić information content (AvgIpc) is 2.37. The van der Waals surface area contributed by atoms with Crippen LogP contribution in [0.4, 0.5) is 11.6 Å². The van der Waals surface area contributed by atoms with Crippen molar-refractivity contribution < 1.29 is 4.74 Å². The first-order valence-corrected chi connectivity index (χ1v) is 6.07. The van der Waals surface area contributed by atoms with Crippen LogP contribution in [-0.2, 0) is 4.74 Å². The Kier molecular flexibility index (Phi) is 3.94. The van der Waals surface area contributed by atoms with Crippen molar-refractivity contribution >= 4 is 22.7 Å². The van der Waals surface area contributed by atoms with E-state index in [2.05, 4.69) is 15.3 Å². The first-order chi connectivity index (χ1) is 8.70. The molecule has 1 unspecified atom stereocenters. The largest absolute Gasteiger partial charge is 0.381 e. The number of hydrogen-bond donors (Lipinski definition) is 2. The summed E-state index contributed by atoms with van der Waals surface area (Å²) in [6, 6.07) is 7.80. The second-order valence-corrected chi connectivity index (χ2v) is 4.15. The minimum absolute atomic E-state index is 0.141. The molecule has 0 aliphatic rings. The van der Waals surface area contributed by atoms with Crippen molar-refractivity contribution in [2.24, 2.45) is 0 Å². The topological polar surface area (TPSA) is 73.1 Å². The molecule has 5 heteroatoms. The van der Waals surface area contributed by atoms with Gasteiger partial charge >= 0.3 is 0 Å². The molecule has 1 heterocycles. The lowest BCUT2D eigenvalue weighted by molar-refractivity contribution is 0.141. The van der Waals surface area contributed by atoms with Gasteiger partial charge in [-0.1, -0.05) is 12.1 Å². The fourth-order valence-electron chi connectivity index (χ4n) is 1.69. The molecule has 18 heavy (non-hydrogen) atoms. The summed E-state index contributed by atoms with van der Waals surface area (Å²) in [7, 11) is 0. The minimum Gasteiger partial charge on any atom is -0.381 e. The van der Waals surface area contributed by atoms with Gasteiger partial charge in [-0.05, 0) is 26.0 Å². The maximum Gasteiger partial charge on any atom is 0.169 e. The van der Waals surface area contributed by atoms with Gasteiger partial charge in [-0.15, -0.1) is 0 Å². The van der Waals surface area contributed by atoms with E-state index in [1.165, 1.54) is 0 Å². The Morgan fingerprint density at radius 1 is 1.28 bits per heavy atom. The number of ether oxygens (including phenoxy) is 1. The van der Waals surface area contributed by atoms with Gasteiger partial charge in [0.1, 0.15) is 0 Å². The minimum atomic E-state index is 0.141. The van der Waals surface area contributed by atoms with Gasteiger partial charge in [0.15, 0.2) is 11.6 Å². The fourth-order valence-corrected chi connectivity index (χ4v) is 1.69. The highest BCUT2D eigenvalue weighted by Crippen LogP contribution is 2.18. The van der Waals surface area contributed by atoms with Gasteiger partial charge in [-0.25, -0.2) is 9.97 Å². The van der Waals surface area contributed by atoms with Crippen molar-refractivity contribution in [3.05, 3.63) is 24.3 Å². The maximum atomic E-state index is 5.89. The zero-order valence-corrected chi connectivity index (χ0v) is 10.7. The third kappa shape index (κ3) is 2.87. The molecule has 0 amide bonds. The molecular weight excluding hydrogens is 228 g/mol. The van der Waals surface area contributed by atoms with Crippen LogP contribution in [0.5, 0.6) is 0 Å². The van der Waals surface area contributed by atoms with Gasteiger partial charge in [0, 0.05) is 12.6 Å². The summed E-state index contributed by atoms with van der Waals surface area (Å²) in [6.45, 7) is 5.30. The molecule has 0 bridgehead atoms. The monoisotopic (exact) mass is 246 g/mol. The second-order valence-electron chi connectivity index (χ2n) is 4.15. The number of rotatable bonds is 5. The fraction of sp³-hybridized carbons (Fsp3) is 0.385. The Morgan fingerprint density at radius 2 is 1.94 bits per heavy atom. The van der Waals surface area contributed by atoms with Crippen molar-refractivity contribution in [1.29, 1.82) is 0 Å². The van der Waals surface area contributed by atoms with Gasteiger partial charge in [0.25, 0.3) is 0 Å². The van der Waals surface area contributed by atoms with Crippen LogP contribution in [-0.4, -0.2) is 29.2 Å². The Balaban J connectivity index is 2.19. The van der Waals surface area contributed by atoms with E-state index in [-0.39, 0.29) is 6.04 Å². The summed E-state index contributed by atoms with van der Waals surface area (Å²) < 4.78 is 5.34. The number of hydrogen-bond acceptors (Lipinski definition) is 5. The van der Waals surface area contributed by atoms with Crippen molar-refractivity contribution in [2.45, 2.75) is 19.9 Å². The van der Waals surface area contributed by atoms with E-state index in [0.29, 0.717) is 24.8 Å². The molecule has 0 saturated heterocycles. The lowest BCUT2D eigenvalue weighted by Crippen LogP contribution is -2.23. The normalized spacial score (nSPS) is 12.6. The van der Waals surface area contributed by atoms with E-state index in [1.807, 2.05) is 38.1 Å². The SMILES string of the molecule is CCOCC(C)Nc1nc2ccccc2nc1N. The molecule has 0 saturated carbocycles. The van der Waals surface area contributed by atoms with Crippen LogP contribution in [0.1, 0.15) is 13.8 Å². The highest BCUT2D eigenvalue weighted by atomic mass is 16.5. The summed E-state index contributed by atoms with van der Waals surface area (Å²) in [4.78, 5) is 8.79. The number of aromatic nitrogens is 2. The number of nitrogens with zero attached hydrogens (tertiary/aromatic N) is 2. The van der Waals surface area contributed by atoms with Crippen LogP contribution < -0.4 is 11.1 Å². The second kappa shape index (κ2) is 5.64. The molecule has 1 atom stereocenters. The van der Waals surface area contributed by atoms with Gasteiger partial charge in [0.05, 0.1) is 17.6 Å². The summed E-state index contributed by atoms with van der Waals surface area (Å²) in [6.07, 6.45) is 0. The predicted octanol–water partition coefficient (Wildman–Crippen LogP) is 2.05. The highest BCUT2D eigenvalue weighted by molar-refractivity contribution is 5.79. The first kappa shape index (κ1) is 12.6. The predicted molar refractivity (Wildman–Crippen MR) is 73.5 cm³/mol. The molecule has 0 fully saturated rings. The first-order valence-electron chi connectivity index (χ1n) is 6.07. The van der Waals surface area contributed by atoms with Crippen molar-refractivity contribution in [1.82, 2.24) is 9.97 Å². The lowest BCUT2D eigenvalue weighted by atomic mass is 10.3. The van der Waals surface area contributed by atoms with E-state index in [1.54, 1.807) is 0 Å². The van der Waals surface area contributed by atoms with Gasteiger partial charge in [0.2, 0.25) is 0 Å². The van der Waals surface area contributed by atoms with Crippen molar-refractivity contribution in [3.63, 3.8) is 0 Å². The zero-order chi connectivity index (χ0) is 13.0. The number of nitrogens with one attached hydrogen (secondary N) is 1. The van der Waals surface area contributed by atoms with E-state index < -0.39 is 0 Å². The van der Waals surface area contributed by atoms with Crippen molar-refractivity contribution in [3.8, 4) is 0 Å². The van der Waals surface area contributed by atoms with Gasteiger partial charge in [-0.2, -0.15) is 0 Å². The number of benzene rings is 1. The molecule has 96 valence electrons. The number of para-hydroxylation sites is 2. The molecule has 0 aliphatic carbocycles. The molecule has 0 radical (unpaired) electrons. The molecule has 2 rings (SSSR count). The molecule has 2 aromatic rings. The van der Waals surface area contributed by atoms with Crippen LogP contribution in [0.3, 0.4) is 0 Å². The smallest absolute Gasteiger partial charge is 0.169 e. The van der Waals surface area contributed by atoms with Gasteiger partial charge in [-0.3, -0.25) is 0 Å². The van der Waals surface area contributed by atoms with Crippen LogP contribution in [0, 0.1) is 0 Å². The summed E-state index contributed by atoms with van der Waals surface area (Å²) >= 11 is 0. The summed E-state index contributed by atoms with van der Waals surface area (Å²) in [5.41, 5.74) is 7.52. The molecule has 3 N–H and O–H groups in total. The quantitative estimate of drug-likeness (QED) is 0.844. The maximum absolute atomic E-state index is 5.89. The highest BCUT2D eigenvalue weighted by Gasteiger charge is 2.08. The Morgan fingerprint density at radius 3 is 2.61 bits per heavy atom. The number of nitrogens with two attached hydrogens (primary N) is 1. The number of anilines is 2.